The molecule has 112 valence electrons. The number of nitrogens with zero attached hydrogens (tertiary/aromatic N) is 3. The zero-order chi connectivity index (χ0) is 14.1. The summed E-state index contributed by atoms with van der Waals surface area (Å²) in [7, 11) is 0. The topological polar surface area (TPSA) is 50.9 Å². The molecule has 0 saturated heterocycles. The van der Waals surface area contributed by atoms with Crippen LogP contribution in [0, 0.1) is 11.8 Å². The molecule has 0 spiro atoms. The van der Waals surface area contributed by atoms with Crippen LogP contribution in [0.3, 0.4) is 0 Å². The van der Waals surface area contributed by atoms with Gasteiger partial charge in [-0.05, 0) is 50.4 Å². The number of aliphatic hydroxyl groups is 1. The molecule has 0 atom stereocenters. The largest absolute Gasteiger partial charge is 0.396 e. The van der Waals surface area contributed by atoms with Crippen molar-refractivity contribution < 1.29 is 5.11 Å². The molecule has 20 heavy (non-hydrogen) atoms. The van der Waals surface area contributed by atoms with Gasteiger partial charge in [0, 0.05) is 25.0 Å². The van der Waals surface area contributed by atoms with Gasteiger partial charge in [0.25, 0.3) is 0 Å². The van der Waals surface area contributed by atoms with Crippen LogP contribution in [0.4, 0.5) is 0 Å². The van der Waals surface area contributed by atoms with E-state index in [4.69, 9.17) is 5.11 Å². The molecule has 4 nitrogen and oxygen atoms in total. The van der Waals surface area contributed by atoms with Crippen LogP contribution < -0.4 is 0 Å². The minimum atomic E-state index is 0.243. The van der Waals surface area contributed by atoms with E-state index in [0.717, 1.165) is 30.5 Å². The van der Waals surface area contributed by atoms with Gasteiger partial charge in [0.15, 0.2) is 0 Å². The Kier molecular flexibility index (Phi) is 4.11. The van der Waals surface area contributed by atoms with Crippen molar-refractivity contribution >= 4 is 0 Å². The van der Waals surface area contributed by atoms with E-state index in [1.54, 1.807) is 0 Å². The smallest absolute Gasteiger partial charge is 0.136 e. The van der Waals surface area contributed by atoms with Crippen LogP contribution in [0.1, 0.15) is 76.0 Å². The van der Waals surface area contributed by atoms with Crippen molar-refractivity contribution in [3.63, 3.8) is 0 Å². The Balaban J connectivity index is 1.66. The summed E-state index contributed by atoms with van der Waals surface area (Å²) in [6, 6.07) is 0.651. The number of aliphatic hydroxyl groups excluding tert-OH is 1. The molecule has 0 amide bonds. The second kappa shape index (κ2) is 5.84. The van der Waals surface area contributed by atoms with Crippen LogP contribution in [-0.4, -0.2) is 26.5 Å². The number of aromatic nitrogens is 3. The second-order valence-corrected chi connectivity index (χ2v) is 7.07. The number of hydrogen-bond acceptors (Lipinski definition) is 3. The zero-order valence-electron chi connectivity index (χ0n) is 12.8. The Morgan fingerprint density at radius 1 is 1.25 bits per heavy atom. The van der Waals surface area contributed by atoms with E-state index in [1.165, 1.54) is 37.9 Å². The quantitative estimate of drug-likeness (QED) is 0.833. The molecular formula is C16H27N3O. The first-order chi connectivity index (χ1) is 9.69. The summed E-state index contributed by atoms with van der Waals surface area (Å²) in [4.78, 5) is 0. The first-order valence-electron chi connectivity index (χ1n) is 8.23. The Labute approximate surface area is 121 Å². The summed E-state index contributed by atoms with van der Waals surface area (Å²) in [6.45, 7) is 4.87. The number of aryl methyl sites for hydroxylation is 1. The third kappa shape index (κ3) is 2.90. The SMILES string of the molecule is CC(C)CC1CC(c2nnc(CCCO)n2C2CC2)C1. The molecule has 1 aromatic heterocycles. The van der Waals surface area contributed by atoms with Crippen LogP contribution in [0.5, 0.6) is 0 Å². The molecule has 1 N–H and O–H groups in total. The predicted molar refractivity (Wildman–Crippen MR) is 78.6 cm³/mol. The third-order valence-corrected chi connectivity index (χ3v) is 4.67. The highest BCUT2D eigenvalue weighted by Crippen LogP contribution is 2.47. The molecule has 0 radical (unpaired) electrons. The second-order valence-electron chi connectivity index (χ2n) is 7.07. The Hall–Kier alpha value is -0.900. The van der Waals surface area contributed by atoms with Gasteiger partial charge in [0.2, 0.25) is 0 Å². The standard InChI is InChI=1S/C16H27N3O/c1-11(2)8-12-9-13(10-12)16-18-17-15(4-3-7-20)19(16)14-5-6-14/h11-14,20H,3-10H2,1-2H3. The van der Waals surface area contributed by atoms with Crippen LogP contribution in [0.15, 0.2) is 0 Å². The van der Waals surface area contributed by atoms with Crippen molar-refractivity contribution in [3.8, 4) is 0 Å². The highest BCUT2D eigenvalue weighted by molar-refractivity contribution is 5.11. The lowest BCUT2D eigenvalue weighted by Gasteiger charge is -2.36. The van der Waals surface area contributed by atoms with Gasteiger partial charge < -0.3 is 9.67 Å². The number of hydrogen-bond donors (Lipinski definition) is 1. The number of rotatable bonds is 7. The van der Waals surface area contributed by atoms with Crippen LogP contribution in [0.2, 0.25) is 0 Å². The van der Waals surface area contributed by atoms with Crippen molar-refractivity contribution in [3.05, 3.63) is 11.6 Å². The Morgan fingerprint density at radius 3 is 2.60 bits per heavy atom. The van der Waals surface area contributed by atoms with Crippen molar-refractivity contribution in [2.45, 2.75) is 70.8 Å². The third-order valence-electron chi connectivity index (χ3n) is 4.67. The van der Waals surface area contributed by atoms with Gasteiger partial charge in [-0.1, -0.05) is 13.8 Å². The van der Waals surface area contributed by atoms with E-state index >= 15 is 0 Å². The fourth-order valence-electron chi connectivity index (χ4n) is 3.56. The zero-order valence-corrected chi connectivity index (χ0v) is 12.8. The molecule has 0 aliphatic heterocycles. The van der Waals surface area contributed by atoms with E-state index in [-0.39, 0.29) is 6.61 Å². The summed E-state index contributed by atoms with van der Waals surface area (Å²) in [5.41, 5.74) is 0. The van der Waals surface area contributed by atoms with Gasteiger partial charge in [-0.25, -0.2) is 0 Å². The maximum atomic E-state index is 9.01. The average molecular weight is 277 g/mol. The highest BCUT2D eigenvalue weighted by atomic mass is 16.2. The lowest BCUT2D eigenvalue weighted by molar-refractivity contribution is 0.212. The van der Waals surface area contributed by atoms with Crippen molar-refractivity contribution in [1.29, 1.82) is 0 Å². The van der Waals surface area contributed by atoms with Gasteiger partial charge in [0.05, 0.1) is 0 Å². The predicted octanol–water partition coefficient (Wildman–Crippen LogP) is 3.08. The Morgan fingerprint density at radius 2 is 2.00 bits per heavy atom. The molecule has 2 saturated carbocycles. The lowest BCUT2D eigenvalue weighted by Crippen LogP contribution is -2.26. The fourth-order valence-corrected chi connectivity index (χ4v) is 3.56. The summed E-state index contributed by atoms with van der Waals surface area (Å²) in [5, 5.41) is 17.9. The van der Waals surface area contributed by atoms with Crippen molar-refractivity contribution in [2.24, 2.45) is 11.8 Å². The molecule has 2 fully saturated rings. The van der Waals surface area contributed by atoms with E-state index in [0.29, 0.717) is 12.0 Å². The molecule has 3 rings (SSSR count). The van der Waals surface area contributed by atoms with E-state index in [1.807, 2.05) is 0 Å². The monoisotopic (exact) mass is 277 g/mol. The maximum absolute atomic E-state index is 9.01. The summed E-state index contributed by atoms with van der Waals surface area (Å²) in [6.07, 6.45) is 8.16. The molecule has 0 unspecified atom stereocenters. The van der Waals surface area contributed by atoms with E-state index < -0.39 is 0 Å². The van der Waals surface area contributed by atoms with Gasteiger partial charge in [-0.15, -0.1) is 10.2 Å². The van der Waals surface area contributed by atoms with Crippen LogP contribution >= 0.6 is 0 Å². The van der Waals surface area contributed by atoms with Crippen LogP contribution in [0.25, 0.3) is 0 Å². The molecule has 0 bridgehead atoms. The first-order valence-corrected chi connectivity index (χ1v) is 8.23. The molecule has 1 aromatic rings. The molecule has 4 heteroatoms. The Bertz CT molecular complexity index is 445. The highest BCUT2D eigenvalue weighted by Gasteiger charge is 2.37. The minimum absolute atomic E-state index is 0.243. The summed E-state index contributed by atoms with van der Waals surface area (Å²) < 4.78 is 2.41. The van der Waals surface area contributed by atoms with Crippen LogP contribution in [-0.2, 0) is 6.42 Å². The first kappa shape index (κ1) is 14.1. The lowest BCUT2D eigenvalue weighted by atomic mass is 9.71. The van der Waals surface area contributed by atoms with Crippen molar-refractivity contribution in [1.82, 2.24) is 14.8 Å². The maximum Gasteiger partial charge on any atom is 0.136 e. The van der Waals surface area contributed by atoms with E-state index in [2.05, 4.69) is 28.6 Å². The molecule has 1 heterocycles. The summed E-state index contributed by atoms with van der Waals surface area (Å²) in [5.74, 6) is 4.67. The van der Waals surface area contributed by atoms with Gasteiger partial charge in [-0.3, -0.25) is 0 Å². The molecule has 2 aliphatic carbocycles. The van der Waals surface area contributed by atoms with Gasteiger partial charge in [-0.2, -0.15) is 0 Å². The fraction of sp³-hybridized carbons (Fsp3) is 0.875. The average Bonchev–Trinajstić information content (AvgIpc) is 3.12. The minimum Gasteiger partial charge on any atom is -0.396 e. The van der Waals surface area contributed by atoms with Gasteiger partial charge >= 0.3 is 0 Å². The molecule has 0 aromatic carbocycles. The van der Waals surface area contributed by atoms with E-state index in [9.17, 15) is 0 Å². The van der Waals surface area contributed by atoms with Crippen molar-refractivity contribution in [2.75, 3.05) is 6.61 Å². The summed E-state index contributed by atoms with van der Waals surface area (Å²) >= 11 is 0. The molecular weight excluding hydrogens is 250 g/mol. The normalized spacial score (nSPS) is 26.0. The molecule has 2 aliphatic rings. The van der Waals surface area contributed by atoms with Gasteiger partial charge in [0.1, 0.15) is 11.6 Å².